The van der Waals surface area contributed by atoms with Gasteiger partial charge in [0.2, 0.25) is 0 Å². The molecule has 0 aromatic heterocycles. The summed E-state index contributed by atoms with van der Waals surface area (Å²) in [5.41, 5.74) is 2.84. The summed E-state index contributed by atoms with van der Waals surface area (Å²) in [5.74, 6) is 1.05. The SMILES string of the molecule is CC1CC=CC(c2ccccc2F)CCN=C1CCCC1CCN(C(=O)c2cccc(Cl)c2)CC(C)(C)CC1. The molecule has 0 N–H and O–H groups in total. The van der Waals surface area contributed by atoms with Gasteiger partial charge in [-0.2, -0.15) is 0 Å². The van der Waals surface area contributed by atoms with Crippen LogP contribution in [0.2, 0.25) is 5.02 Å². The molecule has 0 radical (unpaired) electrons. The lowest BCUT2D eigenvalue weighted by molar-refractivity contribution is 0.0614. The van der Waals surface area contributed by atoms with Crippen molar-refractivity contribution in [2.45, 2.75) is 78.1 Å². The van der Waals surface area contributed by atoms with Crippen molar-refractivity contribution in [2.24, 2.45) is 22.2 Å². The molecular weight excluding hydrogens is 507 g/mol. The third-order valence-electron chi connectivity index (χ3n) is 8.55. The Morgan fingerprint density at radius 2 is 1.95 bits per heavy atom. The third-order valence-corrected chi connectivity index (χ3v) is 8.78. The van der Waals surface area contributed by atoms with Gasteiger partial charge in [0.05, 0.1) is 0 Å². The lowest BCUT2D eigenvalue weighted by atomic mass is 9.79. The van der Waals surface area contributed by atoms with Crippen LogP contribution in [0.1, 0.15) is 94.0 Å². The second-order valence-electron chi connectivity index (χ2n) is 12.3. The highest BCUT2D eigenvalue weighted by Crippen LogP contribution is 2.33. The molecule has 0 spiro atoms. The molecule has 5 heteroatoms. The van der Waals surface area contributed by atoms with E-state index in [1.54, 1.807) is 18.2 Å². The number of amides is 1. The number of carbonyl (C=O) groups excluding carboxylic acids is 1. The molecule has 1 amide bonds. The van der Waals surface area contributed by atoms with Crippen LogP contribution in [0.25, 0.3) is 0 Å². The maximum Gasteiger partial charge on any atom is 0.253 e. The first kappa shape index (κ1) is 29.5. The predicted octanol–water partition coefficient (Wildman–Crippen LogP) is 9.13. The van der Waals surface area contributed by atoms with Crippen molar-refractivity contribution in [3.63, 3.8) is 0 Å². The van der Waals surface area contributed by atoms with Crippen LogP contribution in [0.5, 0.6) is 0 Å². The maximum absolute atomic E-state index is 14.4. The molecule has 0 saturated carbocycles. The zero-order valence-corrected chi connectivity index (χ0v) is 24.6. The van der Waals surface area contributed by atoms with E-state index in [0.717, 1.165) is 70.1 Å². The van der Waals surface area contributed by atoms with E-state index >= 15 is 0 Å². The molecule has 2 aromatic rings. The molecule has 3 unspecified atom stereocenters. The standard InChI is InChI=1S/C34H44ClFN2O/c1-25-9-6-11-27(30-14-4-5-15-31(30)36)18-21-37-32(25)16-7-10-26-17-20-34(2,3)24-38(22-19-26)33(39)28-12-8-13-29(35)23-28/h4-6,8,11-15,23,25-27H,7,9-10,16-22,24H2,1-3H3. The van der Waals surface area contributed by atoms with E-state index in [9.17, 15) is 9.18 Å². The van der Waals surface area contributed by atoms with Gasteiger partial charge in [0.1, 0.15) is 5.82 Å². The molecule has 3 nitrogen and oxygen atoms in total. The first-order chi connectivity index (χ1) is 18.7. The summed E-state index contributed by atoms with van der Waals surface area (Å²) in [6.07, 6.45) is 12.9. The summed E-state index contributed by atoms with van der Waals surface area (Å²) in [6, 6.07) is 14.4. The number of aliphatic imine (C=N–C) groups is 1. The Labute approximate surface area is 239 Å². The first-order valence-electron chi connectivity index (χ1n) is 14.7. The second kappa shape index (κ2) is 13.7. The molecule has 2 aromatic carbocycles. The minimum atomic E-state index is -0.126. The molecule has 2 aliphatic heterocycles. The molecule has 1 saturated heterocycles. The zero-order valence-electron chi connectivity index (χ0n) is 23.8. The van der Waals surface area contributed by atoms with Crippen LogP contribution in [-0.2, 0) is 0 Å². The van der Waals surface area contributed by atoms with Crippen LogP contribution in [-0.4, -0.2) is 36.2 Å². The van der Waals surface area contributed by atoms with Gasteiger partial charge in [0, 0.05) is 41.8 Å². The molecule has 2 aliphatic rings. The minimum Gasteiger partial charge on any atom is -0.338 e. The Balaban J connectivity index is 1.33. The predicted molar refractivity (Wildman–Crippen MR) is 161 cm³/mol. The van der Waals surface area contributed by atoms with E-state index in [-0.39, 0.29) is 23.1 Å². The number of rotatable bonds is 6. The van der Waals surface area contributed by atoms with Crippen LogP contribution in [0.15, 0.2) is 65.7 Å². The molecule has 0 aliphatic carbocycles. The van der Waals surface area contributed by atoms with Crippen molar-refractivity contribution in [3.8, 4) is 0 Å². The molecule has 1 fully saturated rings. The number of carbonyl (C=O) groups is 1. The van der Waals surface area contributed by atoms with E-state index in [2.05, 4.69) is 32.9 Å². The number of benzene rings is 2. The zero-order chi connectivity index (χ0) is 27.8. The van der Waals surface area contributed by atoms with Crippen molar-refractivity contribution in [1.82, 2.24) is 4.90 Å². The second-order valence-corrected chi connectivity index (χ2v) is 12.8. The van der Waals surface area contributed by atoms with Gasteiger partial charge in [-0.1, -0.05) is 75.2 Å². The van der Waals surface area contributed by atoms with Crippen LogP contribution in [0.4, 0.5) is 4.39 Å². The van der Waals surface area contributed by atoms with Crippen molar-refractivity contribution in [1.29, 1.82) is 0 Å². The van der Waals surface area contributed by atoms with E-state index in [1.807, 2.05) is 35.2 Å². The van der Waals surface area contributed by atoms with Gasteiger partial charge in [-0.25, -0.2) is 4.39 Å². The number of nitrogens with zero attached hydrogens (tertiary/aromatic N) is 2. The molecule has 0 bridgehead atoms. The van der Waals surface area contributed by atoms with Crippen LogP contribution < -0.4 is 0 Å². The quantitative estimate of drug-likeness (QED) is 0.330. The van der Waals surface area contributed by atoms with E-state index in [4.69, 9.17) is 16.6 Å². The molecular formula is C34H44ClFN2O. The average Bonchev–Trinajstić information content (AvgIpc) is 2.98. The van der Waals surface area contributed by atoms with Gasteiger partial charge in [0.25, 0.3) is 5.91 Å². The van der Waals surface area contributed by atoms with Crippen molar-refractivity contribution >= 4 is 23.2 Å². The molecule has 210 valence electrons. The molecule has 2 heterocycles. The van der Waals surface area contributed by atoms with Gasteiger partial charge >= 0.3 is 0 Å². The summed E-state index contributed by atoms with van der Waals surface area (Å²) in [7, 11) is 0. The van der Waals surface area contributed by atoms with Gasteiger partial charge in [-0.05, 0) is 92.0 Å². The van der Waals surface area contributed by atoms with Gasteiger partial charge in [-0.15, -0.1) is 0 Å². The Bertz CT molecular complexity index is 1170. The highest BCUT2D eigenvalue weighted by atomic mass is 35.5. The van der Waals surface area contributed by atoms with Crippen LogP contribution in [0, 0.1) is 23.1 Å². The Morgan fingerprint density at radius 3 is 2.74 bits per heavy atom. The number of halogens is 2. The van der Waals surface area contributed by atoms with Gasteiger partial charge in [-0.3, -0.25) is 9.79 Å². The number of hydrogen-bond acceptors (Lipinski definition) is 2. The van der Waals surface area contributed by atoms with E-state index in [1.165, 1.54) is 12.1 Å². The lowest BCUT2D eigenvalue weighted by Crippen LogP contribution is -2.41. The minimum absolute atomic E-state index is 0.0809. The molecule has 4 rings (SSSR count). The fourth-order valence-electron chi connectivity index (χ4n) is 6.13. The van der Waals surface area contributed by atoms with Gasteiger partial charge < -0.3 is 4.90 Å². The van der Waals surface area contributed by atoms with Crippen LogP contribution >= 0.6 is 11.6 Å². The number of hydrogen-bond donors (Lipinski definition) is 0. The largest absolute Gasteiger partial charge is 0.338 e. The third kappa shape index (κ3) is 8.51. The Kier molecular flexibility index (Phi) is 10.4. The van der Waals surface area contributed by atoms with Crippen molar-refractivity contribution < 1.29 is 9.18 Å². The summed E-state index contributed by atoms with van der Waals surface area (Å²) in [5, 5.41) is 0.602. The van der Waals surface area contributed by atoms with Crippen molar-refractivity contribution in [3.05, 3.63) is 82.6 Å². The summed E-state index contributed by atoms with van der Waals surface area (Å²) < 4.78 is 14.4. The summed E-state index contributed by atoms with van der Waals surface area (Å²) >= 11 is 6.17. The highest BCUT2D eigenvalue weighted by Gasteiger charge is 2.30. The summed E-state index contributed by atoms with van der Waals surface area (Å²) in [4.78, 5) is 20.4. The normalized spacial score (nSPS) is 24.1. The number of likely N-dealkylation sites (tertiary alicyclic amines) is 1. The number of allylic oxidation sites excluding steroid dienone is 2. The topological polar surface area (TPSA) is 32.7 Å². The summed E-state index contributed by atoms with van der Waals surface area (Å²) in [6.45, 7) is 9.14. The Morgan fingerprint density at radius 1 is 1.13 bits per heavy atom. The lowest BCUT2D eigenvalue weighted by Gasteiger charge is -2.37. The van der Waals surface area contributed by atoms with Crippen LogP contribution in [0.3, 0.4) is 0 Å². The fraction of sp³-hybridized carbons (Fsp3) is 0.529. The van der Waals surface area contributed by atoms with E-state index < -0.39 is 0 Å². The van der Waals surface area contributed by atoms with Gasteiger partial charge in [0.15, 0.2) is 0 Å². The Hall–Kier alpha value is -2.46. The maximum atomic E-state index is 14.4. The smallest absolute Gasteiger partial charge is 0.253 e. The van der Waals surface area contributed by atoms with E-state index in [0.29, 0.717) is 22.4 Å². The fourth-order valence-corrected chi connectivity index (χ4v) is 6.32. The average molecular weight is 551 g/mol. The molecule has 3 atom stereocenters. The highest BCUT2D eigenvalue weighted by molar-refractivity contribution is 6.30. The molecule has 39 heavy (non-hydrogen) atoms. The monoisotopic (exact) mass is 550 g/mol. The first-order valence-corrected chi connectivity index (χ1v) is 15.1. The van der Waals surface area contributed by atoms with Crippen molar-refractivity contribution in [2.75, 3.05) is 19.6 Å².